The summed E-state index contributed by atoms with van der Waals surface area (Å²) >= 11 is 0. The van der Waals surface area contributed by atoms with Crippen LogP contribution in [0.3, 0.4) is 0 Å². The van der Waals surface area contributed by atoms with Gasteiger partial charge in [0.25, 0.3) is 0 Å². The van der Waals surface area contributed by atoms with Crippen molar-refractivity contribution in [3.63, 3.8) is 0 Å². The predicted octanol–water partition coefficient (Wildman–Crippen LogP) is 2.46. The molecule has 0 N–H and O–H groups in total. The van der Waals surface area contributed by atoms with Crippen LogP contribution in [-0.2, 0) is 4.74 Å². The summed E-state index contributed by atoms with van der Waals surface area (Å²) in [5, 5.41) is 0. The van der Waals surface area contributed by atoms with Gasteiger partial charge in [-0.3, -0.25) is 0 Å². The summed E-state index contributed by atoms with van der Waals surface area (Å²) in [4.78, 5) is 0. The van der Waals surface area contributed by atoms with E-state index in [0.717, 1.165) is 17.8 Å². The fourth-order valence-corrected chi connectivity index (χ4v) is 2.96. The molecule has 0 amide bonds. The van der Waals surface area contributed by atoms with Crippen LogP contribution in [-0.4, -0.2) is 13.2 Å². The van der Waals surface area contributed by atoms with E-state index in [9.17, 15) is 0 Å². The molecule has 0 spiro atoms. The van der Waals surface area contributed by atoms with Crippen molar-refractivity contribution in [1.29, 1.82) is 0 Å². The van der Waals surface area contributed by atoms with Gasteiger partial charge >= 0.3 is 0 Å². The Morgan fingerprint density at radius 3 is 2.73 bits per heavy atom. The normalized spacial score (nSPS) is 49.6. The molecule has 0 radical (unpaired) electrons. The molecule has 1 heteroatoms. The number of fused-ring (bicyclic) bond motifs is 2. The smallest absolute Gasteiger partial charge is 0.0602 e. The van der Waals surface area contributed by atoms with Crippen molar-refractivity contribution in [2.45, 2.75) is 38.7 Å². The molecule has 2 fully saturated rings. The highest BCUT2D eigenvalue weighted by Crippen LogP contribution is 2.45. The Labute approximate surface area is 69.1 Å². The molecule has 2 bridgehead atoms. The summed E-state index contributed by atoms with van der Waals surface area (Å²) in [6, 6.07) is 0. The van der Waals surface area contributed by atoms with Crippen molar-refractivity contribution in [2.75, 3.05) is 7.11 Å². The lowest BCUT2D eigenvalue weighted by Crippen LogP contribution is -2.31. The van der Waals surface area contributed by atoms with Gasteiger partial charge in [-0.05, 0) is 37.0 Å². The zero-order valence-electron chi connectivity index (χ0n) is 7.55. The predicted molar refractivity (Wildman–Crippen MR) is 45.4 cm³/mol. The average Bonchev–Trinajstić information content (AvgIpc) is 2.42. The Hall–Kier alpha value is -0.0400. The van der Waals surface area contributed by atoms with E-state index in [0.29, 0.717) is 6.10 Å². The average molecular weight is 154 g/mol. The maximum atomic E-state index is 5.48. The molecular weight excluding hydrogens is 136 g/mol. The third-order valence-electron chi connectivity index (χ3n) is 3.78. The van der Waals surface area contributed by atoms with Gasteiger partial charge in [0.2, 0.25) is 0 Å². The maximum absolute atomic E-state index is 5.48. The molecule has 0 saturated heterocycles. The molecule has 2 aliphatic rings. The standard InChI is InChI=1S/C10H18O/c1-7-9-4-3-8(5-9)6-10(7)11-2/h7-10H,3-6H2,1-2H3. The van der Waals surface area contributed by atoms with Crippen LogP contribution in [0.4, 0.5) is 0 Å². The maximum Gasteiger partial charge on any atom is 0.0602 e. The van der Waals surface area contributed by atoms with Gasteiger partial charge in [-0.25, -0.2) is 0 Å². The molecule has 0 aromatic carbocycles. The molecule has 2 rings (SSSR count). The van der Waals surface area contributed by atoms with Crippen LogP contribution in [0.2, 0.25) is 0 Å². The van der Waals surface area contributed by atoms with Crippen molar-refractivity contribution in [2.24, 2.45) is 17.8 Å². The van der Waals surface area contributed by atoms with Gasteiger partial charge < -0.3 is 4.74 Å². The molecule has 2 saturated carbocycles. The highest BCUT2D eigenvalue weighted by molar-refractivity contribution is 4.89. The zero-order valence-corrected chi connectivity index (χ0v) is 7.55. The Morgan fingerprint density at radius 1 is 1.18 bits per heavy atom. The SMILES string of the molecule is COC1CC2CCC(C2)C1C. The number of hydrogen-bond donors (Lipinski definition) is 0. The van der Waals surface area contributed by atoms with Crippen molar-refractivity contribution >= 4 is 0 Å². The topological polar surface area (TPSA) is 9.23 Å². The lowest BCUT2D eigenvalue weighted by molar-refractivity contribution is 0.00251. The summed E-state index contributed by atoms with van der Waals surface area (Å²) < 4.78 is 5.48. The van der Waals surface area contributed by atoms with Crippen LogP contribution in [0, 0.1) is 17.8 Å². The lowest BCUT2D eigenvalue weighted by atomic mass is 9.79. The molecule has 4 unspecified atom stereocenters. The van der Waals surface area contributed by atoms with Gasteiger partial charge in [-0.2, -0.15) is 0 Å². The molecule has 1 nitrogen and oxygen atoms in total. The summed E-state index contributed by atoms with van der Waals surface area (Å²) in [5.41, 5.74) is 0. The van der Waals surface area contributed by atoms with Gasteiger partial charge in [0.1, 0.15) is 0 Å². The van der Waals surface area contributed by atoms with Gasteiger partial charge in [0, 0.05) is 7.11 Å². The second-order valence-electron chi connectivity index (χ2n) is 4.31. The first-order valence-corrected chi connectivity index (χ1v) is 4.84. The summed E-state index contributed by atoms with van der Waals surface area (Å²) in [5.74, 6) is 2.80. The van der Waals surface area contributed by atoms with E-state index in [2.05, 4.69) is 6.92 Å². The Morgan fingerprint density at radius 2 is 2.00 bits per heavy atom. The van der Waals surface area contributed by atoms with Crippen LogP contribution in [0.15, 0.2) is 0 Å². The molecule has 64 valence electrons. The lowest BCUT2D eigenvalue weighted by Gasteiger charge is -2.33. The van der Waals surface area contributed by atoms with Crippen LogP contribution >= 0.6 is 0 Å². The fourth-order valence-electron chi connectivity index (χ4n) is 2.96. The summed E-state index contributed by atoms with van der Waals surface area (Å²) in [6.45, 7) is 2.36. The van der Waals surface area contributed by atoms with Crippen molar-refractivity contribution < 1.29 is 4.74 Å². The van der Waals surface area contributed by atoms with E-state index in [1.165, 1.54) is 25.7 Å². The third kappa shape index (κ3) is 1.20. The number of ether oxygens (including phenoxy) is 1. The van der Waals surface area contributed by atoms with E-state index < -0.39 is 0 Å². The summed E-state index contributed by atoms with van der Waals surface area (Å²) in [7, 11) is 1.87. The van der Waals surface area contributed by atoms with E-state index in [-0.39, 0.29) is 0 Å². The van der Waals surface area contributed by atoms with Crippen molar-refractivity contribution in [3.05, 3.63) is 0 Å². The Balaban J connectivity index is 2.05. The molecule has 2 aliphatic carbocycles. The monoisotopic (exact) mass is 154 g/mol. The first kappa shape index (κ1) is 7.60. The van der Waals surface area contributed by atoms with Crippen LogP contribution < -0.4 is 0 Å². The highest BCUT2D eigenvalue weighted by atomic mass is 16.5. The molecule has 4 atom stereocenters. The Bertz CT molecular complexity index is 144. The number of hydrogen-bond acceptors (Lipinski definition) is 1. The van der Waals surface area contributed by atoms with E-state index in [1.807, 2.05) is 7.11 Å². The minimum atomic E-state index is 0.571. The minimum absolute atomic E-state index is 0.571. The minimum Gasteiger partial charge on any atom is -0.381 e. The second kappa shape index (κ2) is 2.78. The second-order valence-corrected chi connectivity index (χ2v) is 4.31. The van der Waals surface area contributed by atoms with E-state index >= 15 is 0 Å². The van der Waals surface area contributed by atoms with Crippen molar-refractivity contribution in [3.8, 4) is 0 Å². The van der Waals surface area contributed by atoms with Crippen LogP contribution in [0.1, 0.15) is 32.6 Å². The van der Waals surface area contributed by atoms with E-state index in [4.69, 9.17) is 4.74 Å². The van der Waals surface area contributed by atoms with Crippen LogP contribution in [0.25, 0.3) is 0 Å². The molecule has 0 heterocycles. The first-order chi connectivity index (χ1) is 5.31. The zero-order chi connectivity index (χ0) is 7.84. The quantitative estimate of drug-likeness (QED) is 0.563. The van der Waals surface area contributed by atoms with E-state index in [1.54, 1.807) is 0 Å². The number of methoxy groups -OCH3 is 1. The largest absolute Gasteiger partial charge is 0.381 e. The first-order valence-electron chi connectivity index (χ1n) is 4.84. The molecule has 0 aromatic rings. The Kier molecular flexibility index (Phi) is 1.92. The summed E-state index contributed by atoms with van der Waals surface area (Å²) in [6.07, 6.45) is 6.32. The number of rotatable bonds is 1. The molecule has 11 heavy (non-hydrogen) atoms. The van der Waals surface area contributed by atoms with Gasteiger partial charge in [-0.15, -0.1) is 0 Å². The fraction of sp³-hybridized carbons (Fsp3) is 1.00. The van der Waals surface area contributed by atoms with Gasteiger partial charge in [0.15, 0.2) is 0 Å². The molecular formula is C10H18O. The van der Waals surface area contributed by atoms with Crippen molar-refractivity contribution in [1.82, 2.24) is 0 Å². The van der Waals surface area contributed by atoms with Crippen LogP contribution in [0.5, 0.6) is 0 Å². The van der Waals surface area contributed by atoms with Gasteiger partial charge in [0.05, 0.1) is 6.10 Å². The third-order valence-corrected chi connectivity index (χ3v) is 3.78. The highest BCUT2D eigenvalue weighted by Gasteiger charge is 2.39. The molecule has 0 aliphatic heterocycles. The van der Waals surface area contributed by atoms with Gasteiger partial charge in [-0.1, -0.05) is 13.3 Å². The molecule has 0 aromatic heterocycles.